The lowest BCUT2D eigenvalue weighted by molar-refractivity contribution is 0.660. The number of hydrogen-bond acceptors (Lipinski definition) is 2. The SMILES string of the molecule is CCc1ccc(-c2ccc(-n3nc4cc(-c5ccc6c(c5)C(C)(C)c5ccccc5-6)cc(-c5ccc6c(c5)C(C)(C)c5ccccc5-6)c4n3)cc2)cc1. The van der Waals surface area contributed by atoms with Gasteiger partial charge in [-0.25, -0.2) is 0 Å². The Labute approximate surface area is 311 Å². The number of aromatic nitrogens is 3. The first kappa shape index (κ1) is 31.7. The van der Waals surface area contributed by atoms with Crippen LogP contribution in [0.25, 0.3) is 72.4 Å². The molecule has 10 rings (SSSR count). The number of nitrogens with zero attached hydrogens (tertiary/aromatic N) is 3. The maximum atomic E-state index is 5.20. The average Bonchev–Trinajstić information content (AvgIpc) is 3.81. The van der Waals surface area contributed by atoms with Crippen LogP contribution in [0.4, 0.5) is 0 Å². The molecule has 2 aliphatic carbocycles. The third kappa shape index (κ3) is 4.80. The van der Waals surface area contributed by atoms with Crippen molar-refractivity contribution in [2.75, 3.05) is 0 Å². The molecule has 2 aliphatic rings. The van der Waals surface area contributed by atoms with Gasteiger partial charge in [-0.2, -0.15) is 4.80 Å². The van der Waals surface area contributed by atoms with E-state index in [9.17, 15) is 0 Å². The van der Waals surface area contributed by atoms with Gasteiger partial charge in [0.25, 0.3) is 0 Å². The van der Waals surface area contributed by atoms with Crippen LogP contribution >= 0.6 is 0 Å². The lowest BCUT2D eigenvalue weighted by Gasteiger charge is -2.22. The largest absolute Gasteiger partial charge is 0.150 e. The fraction of sp³-hybridized carbons (Fsp3) is 0.160. The van der Waals surface area contributed by atoms with Gasteiger partial charge in [0.15, 0.2) is 0 Å². The summed E-state index contributed by atoms with van der Waals surface area (Å²) < 4.78 is 0. The fourth-order valence-corrected chi connectivity index (χ4v) is 9.00. The van der Waals surface area contributed by atoms with Gasteiger partial charge in [-0.05, 0) is 121 Å². The summed E-state index contributed by atoms with van der Waals surface area (Å²) in [6.45, 7) is 11.6. The zero-order valence-electron chi connectivity index (χ0n) is 30.9. The van der Waals surface area contributed by atoms with Crippen molar-refractivity contribution in [1.82, 2.24) is 15.0 Å². The first-order valence-corrected chi connectivity index (χ1v) is 18.8. The van der Waals surface area contributed by atoms with E-state index in [0.717, 1.165) is 39.8 Å². The highest BCUT2D eigenvalue weighted by atomic mass is 15.5. The number of fused-ring (bicyclic) bond motifs is 7. The van der Waals surface area contributed by atoms with Crippen LogP contribution in [-0.2, 0) is 17.3 Å². The minimum Gasteiger partial charge on any atom is -0.150 e. The average molecular weight is 684 g/mol. The molecule has 256 valence electrons. The van der Waals surface area contributed by atoms with E-state index in [1.54, 1.807) is 4.80 Å². The molecule has 7 aromatic carbocycles. The van der Waals surface area contributed by atoms with Gasteiger partial charge in [-0.1, -0.05) is 144 Å². The predicted octanol–water partition coefficient (Wildman–Crippen LogP) is 12.6. The number of hydrogen-bond donors (Lipinski definition) is 0. The van der Waals surface area contributed by atoms with E-state index in [4.69, 9.17) is 10.2 Å². The van der Waals surface area contributed by atoms with E-state index in [-0.39, 0.29) is 10.8 Å². The van der Waals surface area contributed by atoms with Gasteiger partial charge in [-0.15, -0.1) is 10.2 Å². The summed E-state index contributed by atoms with van der Waals surface area (Å²) in [6.07, 6.45) is 1.04. The zero-order valence-corrected chi connectivity index (χ0v) is 30.9. The molecule has 0 N–H and O–H groups in total. The van der Waals surface area contributed by atoms with Crippen LogP contribution in [0.2, 0.25) is 0 Å². The highest BCUT2D eigenvalue weighted by Crippen LogP contribution is 2.51. The molecule has 0 spiro atoms. The van der Waals surface area contributed by atoms with Gasteiger partial charge >= 0.3 is 0 Å². The second kappa shape index (κ2) is 11.5. The van der Waals surface area contributed by atoms with E-state index in [1.807, 2.05) is 0 Å². The van der Waals surface area contributed by atoms with Crippen LogP contribution in [0.1, 0.15) is 62.4 Å². The minimum absolute atomic E-state index is 0.0806. The molecule has 0 aliphatic heterocycles. The summed E-state index contributed by atoms with van der Waals surface area (Å²) in [5.74, 6) is 0. The van der Waals surface area contributed by atoms with Crippen molar-refractivity contribution < 1.29 is 0 Å². The minimum atomic E-state index is -0.102. The Balaban J connectivity index is 1.12. The van der Waals surface area contributed by atoms with Crippen molar-refractivity contribution in [3.05, 3.63) is 173 Å². The molecule has 0 saturated carbocycles. The normalized spacial score (nSPS) is 14.5. The van der Waals surface area contributed by atoms with Crippen LogP contribution in [0, 0.1) is 0 Å². The van der Waals surface area contributed by atoms with Gasteiger partial charge in [-0.3, -0.25) is 0 Å². The maximum absolute atomic E-state index is 5.20. The van der Waals surface area contributed by atoms with Crippen LogP contribution in [-0.4, -0.2) is 15.0 Å². The topological polar surface area (TPSA) is 30.7 Å². The molecule has 0 saturated heterocycles. The highest BCUT2D eigenvalue weighted by molar-refractivity contribution is 5.97. The summed E-state index contributed by atoms with van der Waals surface area (Å²) in [6, 6.07) is 53.6. The second-order valence-electron chi connectivity index (χ2n) is 15.8. The molecule has 0 fully saturated rings. The van der Waals surface area contributed by atoms with Crippen LogP contribution in [0.3, 0.4) is 0 Å². The monoisotopic (exact) mass is 683 g/mol. The zero-order chi connectivity index (χ0) is 36.1. The molecule has 0 unspecified atom stereocenters. The van der Waals surface area contributed by atoms with E-state index >= 15 is 0 Å². The molecule has 3 nitrogen and oxygen atoms in total. The van der Waals surface area contributed by atoms with Crippen LogP contribution in [0.15, 0.2) is 146 Å². The number of benzene rings is 7. The molecule has 8 aromatic rings. The molecule has 0 bridgehead atoms. The Kier molecular flexibility index (Phi) is 6.85. The fourth-order valence-electron chi connectivity index (χ4n) is 9.00. The standard InChI is InChI=1S/C50H41N3/c1-6-31-15-17-32(18-16-31)33-19-23-37(24-20-33)53-51-47-30-36(34-21-25-40-38-11-7-9-13-43(38)49(2,3)45(40)28-34)27-42(48(47)52-53)35-22-26-41-39-12-8-10-14-44(39)50(4,5)46(41)29-35/h7-30H,6H2,1-5H3. The Bertz CT molecular complexity index is 2740. The van der Waals surface area contributed by atoms with Crippen LogP contribution < -0.4 is 0 Å². The van der Waals surface area contributed by atoms with Crippen molar-refractivity contribution in [2.24, 2.45) is 0 Å². The van der Waals surface area contributed by atoms with Crippen LogP contribution in [0.5, 0.6) is 0 Å². The smallest absolute Gasteiger partial charge is 0.121 e. The molecule has 3 heteroatoms. The van der Waals surface area contributed by atoms with Crippen molar-refractivity contribution in [3.63, 3.8) is 0 Å². The van der Waals surface area contributed by atoms with E-state index < -0.39 is 0 Å². The van der Waals surface area contributed by atoms with E-state index in [1.165, 1.54) is 66.8 Å². The molecule has 1 aromatic heterocycles. The van der Waals surface area contributed by atoms with E-state index in [0.29, 0.717) is 0 Å². The Morgan fingerprint density at radius 2 is 0.943 bits per heavy atom. The van der Waals surface area contributed by atoms with Gasteiger partial charge in [0.2, 0.25) is 0 Å². The second-order valence-corrected chi connectivity index (χ2v) is 15.8. The summed E-state index contributed by atoms with van der Waals surface area (Å²) >= 11 is 0. The molecule has 0 radical (unpaired) electrons. The Morgan fingerprint density at radius 1 is 0.434 bits per heavy atom. The lowest BCUT2D eigenvalue weighted by atomic mass is 9.81. The molecular weight excluding hydrogens is 643 g/mol. The van der Waals surface area contributed by atoms with Gasteiger partial charge in [0.05, 0.1) is 5.69 Å². The van der Waals surface area contributed by atoms with Gasteiger partial charge in [0.1, 0.15) is 11.0 Å². The lowest BCUT2D eigenvalue weighted by Crippen LogP contribution is -2.15. The molecule has 0 atom stereocenters. The third-order valence-corrected chi connectivity index (χ3v) is 12.1. The van der Waals surface area contributed by atoms with Crippen molar-refractivity contribution in [1.29, 1.82) is 0 Å². The molecule has 53 heavy (non-hydrogen) atoms. The summed E-state index contributed by atoms with van der Waals surface area (Å²) in [4.78, 5) is 1.80. The molecular formula is C50H41N3. The predicted molar refractivity (Wildman–Crippen MR) is 220 cm³/mol. The van der Waals surface area contributed by atoms with Crippen molar-refractivity contribution >= 4 is 11.0 Å². The van der Waals surface area contributed by atoms with Crippen molar-refractivity contribution in [2.45, 2.75) is 51.9 Å². The third-order valence-electron chi connectivity index (χ3n) is 12.1. The van der Waals surface area contributed by atoms with E-state index in [2.05, 4.69) is 180 Å². The molecule has 1 heterocycles. The van der Waals surface area contributed by atoms with Gasteiger partial charge in [0, 0.05) is 16.4 Å². The Morgan fingerprint density at radius 3 is 1.55 bits per heavy atom. The number of rotatable bonds is 5. The summed E-state index contributed by atoms with van der Waals surface area (Å²) in [5.41, 5.74) is 21.6. The Hall–Kier alpha value is -6.06. The highest BCUT2D eigenvalue weighted by Gasteiger charge is 2.36. The summed E-state index contributed by atoms with van der Waals surface area (Å²) in [7, 11) is 0. The number of aryl methyl sites for hydroxylation is 1. The van der Waals surface area contributed by atoms with Gasteiger partial charge < -0.3 is 0 Å². The first-order chi connectivity index (χ1) is 25.7. The quantitative estimate of drug-likeness (QED) is 0.181. The first-order valence-electron chi connectivity index (χ1n) is 18.8. The maximum Gasteiger partial charge on any atom is 0.121 e. The van der Waals surface area contributed by atoms with Crippen molar-refractivity contribution in [3.8, 4) is 61.3 Å². The molecule has 0 amide bonds. The summed E-state index contributed by atoms with van der Waals surface area (Å²) in [5, 5.41) is 10.4.